The van der Waals surface area contributed by atoms with Gasteiger partial charge in [0.2, 0.25) is 5.91 Å². The van der Waals surface area contributed by atoms with E-state index in [4.69, 9.17) is 4.74 Å². The third-order valence-corrected chi connectivity index (χ3v) is 7.29. The van der Waals surface area contributed by atoms with Crippen molar-refractivity contribution in [3.8, 4) is 5.75 Å². The molecule has 0 radical (unpaired) electrons. The Hall–Kier alpha value is -2.34. The van der Waals surface area contributed by atoms with E-state index in [2.05, 4.69) is 12.1 Å². The lowest BCUT2D eigenvalue weighted by Crippen LogP contribution is -2.56. The number of sulfone groups is 1. The SMILES string of the molecule is COc1ccc(S(=O)(=O)C2CC(=O)N2CCCCCCc2ccccc2)cc1. The number of rotatable bonds is 10. The van der Waals surface area contributed by atoms with E-state index in [1.807, 2.05) is 18.2 Å². The average Bonchev–Trinajstić information content (AvgIpc) is 2.72. The molecule has 0 saturated carbocycles. The second-order valence-corrected chi connectivity index (χ2v) is 9.22. The molecular weight excluding hydrogens is 374 g/mol. The Bertz CT molecular complexity index is 879. The Balaban J connectivity index is 1.46. The van der Waals surface area contributed by atoms with Gasteiger partial charge in [-0.2, -0.15) is 0 Å². The van der Waals surface area contributed by atoms with Crippen LogP contribution >= 0.6 is 0 Å². The molecule has 2 aromatic rings. The first-order chi connectivity index (χ1) is 13.5. The fourth-order valence-corrected chi connectivity index (χ4v) is 5.25. The topological polar surface area (TPSA) is 63.7 Å². The van der Waals surface area contributed by atoms with Crippen LogP contribution < -0.4 is 4.74 Å². The van der Waals surface area contributed by atoms with Crippen LogP contribution in [-0.2, 0) is 21.1 Å². The molecule has 0 spiro atoms. The van der Waals surface area contributed by atoms with Crippen LogP contribution in [0.4, 0.5) is 0 Å². The van der Waals surface area contributed by atoms with E-state index in [-0.39, 0.29) is 17.2 Å². The van der Waals surface area contributed by atoms with Crippen LogP contribution in [0, 0.1) is 0 Å². The molecule has 1 aliphatic rings. The molecule has 0 bridgehead atoms. The molecule has 0 N–H and O–H groups in total. The Labute approximate surface area is 167 Å². The second-order valence-electron chi connectivity index (χ2n) is 7.12. The molecule has 150 valence electrons. The number of hydrogen-bond donors (Lipinski definition) is 0. The smallest absolute Gasteiger partial charge is 0.226 e. The zero-order valence-corrected chi connectivity index (χ0v) is 17.0. The lowest BCUT2D eigenvalue weighted by atomic mass is 10.1. The summed E-state index contributed by atoms with van der Waals surface area (Å²) in [5, 5.41) is -0.738. The highest BCUT2D eigenvalue weighted by Gasteiger charge is 2.45. The summed E-state index contributed by atoms with van der Waals surface area (Å²) in [5.74, 6) is 0.530. The van der Waals surface area contributed by atoms with Gasteiger partial charge in [-0.3, -0.25) is 4.79 Å². The van der Waals surface area contributed by atoms with Crippen LogP contribution in [-0.4, -0.2) is 38.3 Å². The van der Waals surface area contributed by atoms with Gasteiger partial charge in [-0.25, -0.2) is 8.42 Å². The third-order valence-electron chi connectivity index (χ3n) is 5.22. The first kappa shape index (κ1) is 20.4. The van der Waals surface area contributed by atoms with Crippen LogP contribution in [0.25, 0.3) is 0 Å². The molecule has 1 heterocycles. The highest BCUT2D eigenvalue weighted by molar-refractivity contribution is 7.92. The Morgan fingerprint density at radius 3 is 2.29 bits per heavy atom. The highest BCUT2D eigenvalue weighted by atomic mass is 32.2. The first-order valence-electron chi connectivity index (χ1n) is 9.74. The van der Waals surface area contributed by atoms with E-state index in [1.54, 1.807) is 24.3 Å². The number of benzene rings is 2. The maximum absolute atomic E-state index is 12.8. The van der Waals surface area contributed by atoms with Crippen molar-refractivity contribution in [2.45, 2.75) is 48.8 Å². The largest absolute Gasteiger partial charge is 0.497 e. The quantitative estimate of drug-likeness (QED) is 0.448. The van der Waals surface area contributed by atoms with Gasteiger partial charge in [-0.15, -0.1) is 0 Å². The summed E-state index contributed by atoms with van der Waals surface area (Å²) in [7, 11) is -2.01. The van der Waals surface area contributed by atoms with E-state index < -0.39 is 15.2 Å². The molecule has 0 aliphatic carbocycles. The summed E-state index contributed by atoms with van der Waals surface area (Å²) in [6, 6.07) is 16.7. The van der Waals surface area contributed by atoms with Gasteiger partial charge < -0.3 is 9.64 Å². The van der Waals surface area contributed by atoms with Crippen LogP contribution in [0.1, 0.15) is 37.7 Å². The third kappa shape index (κ3) is 4.73. The number of carbonyl (C=O) groups is 1. The maximum atomic E-state index is 12.8. The molecule has 28 heavy (non-hydrogen) atoms. The summed E-state index contributed by atoms with van der Waals surface area (Å²) >= 11 is 0. The number of likely N-dealkylation sites (tertiary alicyclic amines) is 1. The summed E-state index contributed by atoms with van der Waals surface area (Å²) in [4.78, 5) is 13.7. The zero-order valence-electron chi connectivity index (χ0n) is 16.2. The van der Waals surface area contributed by atoms with Gasteiger partial charge in [-0.05, 0) is 49.1 Å². The van der Waals surface area contributed by atoms with Crippen LogP contribution in [0.2, 0.25) is 0 Å². The number of aryl methyl sites for hydroxylation is 1. The molecule has 0 aromatic heterocycles. The standard InChI is InChI=1S/C22H27NO4S/c1-27-19-12-14-20(15-13-19)28(25,26)22-17-21(24)23(22)16-8-3-2-5-9-18-10-6-4-7-11-18/h4,6-7,10-15,22H,2-3,5,8-9,16-17H2,1H3. The molecule has 2 aromatic carbocycles. The number of carbonyl (C=O) groups excluding carboxylic acids is 1. The van der Waals surface area contributed by atoms with Crippen LogP contribution in [0.5, 0.6) is 5.75 Å². The summed E-state index contributed by atoms with van der Waals surface area (Å²) < 4.78 is 30.7. The van der Waals surface area contributed by atoms with Gasteiger partial charge in [0.1, 0.15) is 11.1 Å². The van der Waals surface area contributed by atoms with E-state index in [0.29, 0.717) is 12.3 Å². The highest BCUT2D eigenvalue weighted by Crippen LogP contribution is 2.30. The van der Waals surface area contributed by atoms with Gasteiger partial charge in [0, 0.05) is 6.54 Å². The number of β-lactam (4-membered cyclic amide) rings is 1. The molecule has 1 atom stereocenters. The number of amides is 1. The normalized spacial score (nSPS) is 16.7. The van der Waals surface area contributed by atoms with E-state index in [1.165, 1.54) is 17.6 Å². The number of hydrogen-bond acceptors (Lipinski definition) is 4. The monoisotopic (exact) mass is 401 g/mol. The second kappa shape index (κ2) is 9.24. The molecular formula is C22H27NO4S. The Morgan fingerprint density at radius 1 is 0.964 bits per heavy atom. The van der Waals surface area contributed by atoms with Crippen molar-refractivity contribution in [3.05, 3.63) is 60.2 Å². The maximum Gasteiger partial charge on any atom is 0.226 e. The Morgan fingerprint density at radius 2 is 1.64 bits per heavy atom. The molecule has 6 heteroatoms. The molecule has 1 fully saturated rings. The number of ether oxygens (including phenoxy) is 1. The molecule has 1 unspecified atom stereocenters. The van der Waals surface area contributed by atoms with Crippen molar-refractivity contribution < 1.29 is 17.9 Å². The van der Waals surface area contributed by atoms with Gasteiger partial charge in [0.25, 0.3) is 0 Å². The van der Waals surface area contributed by atoms with E-state index in [0.717, 1.165) is 32.1 Å². The van der Waals surface area contributed by atoms with Crippen LogP contribution in [0.3, 0.4) is 0 Å². The lowest BCUT2D eigenvalue weighted by molar-refractivity contribution is -0.141. The van der Waals surface area contributed by atoms with Crippen molar-refractivity contribution >= 4 is 15.7 Å². The van der Waals surface area contributed by atoms with Crippen molar-refractivity contribution in [1.29, 1.82) is 0 Å². The average molecular weight is 402 g/mol. The predicted molar refractivity (Wildman–Crippen MR) is 109 cm³/mol. The predicted octanol–water partition coefficient (Wildman–Crippen LogP) is 3.83. The van der Waals surface area contributed by atoms with Gasteiger partial charge in [0.05, 0.1) is 18.4 Å². The minimum Gasteiger partial charge on any atom is -0.497 e. The summed E-state index contributed by atoms with van der Waals surface area (Å²) in [5.41, 5.74) is 1.34. The molecule has 1 aliphatic heterocycles. The van der Waals surface area contributed by atoms with Crippen LogP contribution in [0.15, 0.2) is 59.5 Å². The number of nitrogens with zero attached hydrogens (tertiary/aromatic N) is 1. The molecule has 1 amide bonds. The van der Waals surface area contributed by atoms with Gasteiger partial charge >= 0.3 is 0 Å². The van der Waals surface area contributed by atoms with Crippen molar-refractivity contribution in [1.82, 2.24) is 4.90 Å². The lowest BCUT2D eigenvalue weighted by Gasteiger charge is -2.39. The number of unbranched alkanes of at least 4 members (excludes halogenated alkanes) is 3. The minimum absolute atomic E-state index is 0.0718. The Kier molecular flexibility index (Phi) is 6.73. The molecule has 5 nitrogen and oxygen atoms in total. The van der Waals surface area contributed by atoms with Gasteiger partial charge in [-0.1, -0.05) is 43.2 Å². The van der Waals surface area contributed by atoms with Crippen molar-refractivity contribution in [2.24, 2.45) is 0 Å². The summed E-state index contributed by atoms with van der Waals surface area (Å²) in [6.45, 7) is 0.504. The fourth-order valence-electron chi connectivity index (χ4n) is 3.50. The fraction of sp³-hybridized carbons (Fsp3) is 0.409. The summed E-state index contributed by atoms with van der Waals surface area (Å²) in [6.07, 6.45) is 5.12. The zero-order chi connectivity index (χ0) is 20.0. The van der Waals surface area contributed by atoms with E-state index >= 15 is 0 Å². The van der Waals surface area contributed by atoms with Gasteiger partial charge in [0.15, 0.2) is 9.84 Å². The molecule has 1 saturated heterocycles. The van der Waals surface area contributed by atoms with E-state index in [9.17, 15) is 13.2 Å². The number of methoxy groups -OCH3 is 1. The van der Waals surface area contributed by atoms with Crippen molar-refractivity contribution in [2.75, 3.05) is 13.7 Å². The molecule has 3 rings (SSSR count). The minimum atomic E-state index is -3.54. The van der Waals surface area contributed by atoms with Crippen molar-refractivity contribution in [3.63, 3.8) is 0 Å². The first-order valence-corrected chi connectivity index (χ1v) is 11.3.